The van der Waals surface area contributed by atoms with Crippen LogP contribution in [-0.4, -0.2) is 34.0 Å². The Morgan fingerprint density at radius 2 is 0.340 bits per heavy atom. The summed E-state index contributed by atoms with van der Waals surface area (Å²) < 4.78 is 30.0. The standard InChI is InChI=1S/2C18H33P.4CO.W/c2*1-4-10-16(11-5-1)19(17-12-6-2-7-13-17)18-14-8-3-9-15-18;4*1-2;/h2*16-18H,1-15H2;;;;;. The van der Waals surface area contributed by atoms with Crippen LogP contribution in [0.15, 0.2) is 0 Å². The van der Waals surface area contributed by atoms with Crippen molar-refractivity contribution in [2.45, 2.75) is 227 Å². The fourth-order valence-corrected chi connectivity index (χ4v) is 19.4. The predicted molar refractivity (Wildman–Crippen MR) is 191 cm³/mol. The van der Waals surface area contributed by atoms with Crippen molar-refractivity contribution in [3.05, 3.63) is 26.6 Å². The van der Waals surface area contributed by atoms with Gasteiger partial charge < -0.3 is 0 Å². The quantitative estimate of drug-likeness (QED) is 0.145. The van der Waals surface area contributed by atoms with Gasteiger partial charge in [0.15, 0.2) is 0 Å². The van der Waals surface area contributed by atoms with E-state index in [1.807, 2.05) is 0 Å². The molecule has 0 saturated heterocycles. The first kappa shape index (κ1) is 47.5. The van der Waals surface area contributed by atoms with Crippen LogP contribution in [0, 0.1) is 26.6 Å². The second-order valence-corrected chi connectivity index (χ2v) is 20.8. The normalized spacial score (nSPS) is 23.5. The Labute approximate surface area is 307 Å². The van der Waals surface area contributed by atoms with Gasteiger partial charge in [-0.3, -0.25) is 0 Å². The molecule has 4 nitrogen and oxygen atoms in total. The monoisotopic (exact) mass is 856 g/mol. The summed E-state index contributed by atoms with van der Waals surface area (Å²) in [7, 11) is 0.770. The van der Waals surface area contributed by atoms with Gasteiger partial charge in [0.25, 0.3) is 0 Å². The average molecular weight is 857 g/mol. The van der Waals surface area contributed by atoms with E-state index in [0.717, 1.165) is 0 Å². The Morgan fingerprint density at radius 3 is 0.447 bits per heavy atom. The molecule has 0 bridgehead atoms. The van der Waals surface area contributed by atoms with Crippen LogP contribution in [0.2, 0.25) is 0 Å². The molecule has 7 heteroatoms. The van der Waals surface area contributed by atoms with E-state index in [1.165, 1.54) is 72.5 Å². The van der Waals surface area contributed by atoms with Crippen LogP contribution in [0.5, 0.6) is 0 Å². The van der Waals surface area contributed by atoms with Crippen molar-refractivity contribution in [1.29, 1.82) is 0 Å². The van der Waals surface area contributed by atoms with Crippen molar-refractivity contribution < 1.29 is 39.7 Å². The Bertz CT molecular complexity index is 617. The van der Waals surface area contributed by atoms with Crippen molar-refractivity contribution in [2.75, 3.05) is 0 Å². The van der Waals surface area contributed by atoms with Gasteiger partial charge in [-0.25, -0.2) is 0 Å². The summed E-state index contributed by atoms with van der Waals surface area (Å²) >= 11 is 0. The molecule has 0 aromatic carbocycles. The second kappa shape index (κ2) is 32.4. The van der Waals surface area contributed by atoms with Crippen molar-refractivity contribution >= 4 is 15.8 Å². The summed E-state index contributed by atoms with van der Waals surface area (Å²) in [6.07, 6.45) is 47.2. The van der Waals surface area contributed by atoms with Gasteiger partial charge in [0.2, 0.25) is 0 Å². The van der Waals surface area contributed by atoms with Gasteiger partial charge in [-0.15, -0.1) is 0 Å². The van der Waals surface area contributed by atoms with E-state index in [2.05, 4.69) is 26.6 Å². The fourth-order valence-electron chi connectivity index (χ4n) is 10.1. The Morgan fingerprint density at radius 1 is 0.234 bits per heavy atom. The van der Waals surface area contributed by atoms with Gasteiger partial charge in [-0.1, -0.05) is 131 Å². The number of hydrogen-bond donors (Lipinski definition) is 0. The molecule has 6 aliphatic rings. The maximum atomic E-state index is 7.50. The zero-order chi connectivity index (χ0) is 33.8. The summed E-state index contributed by atoms with van der Waals surface area (Å²) in [5, 5.41) is 0. The molecule has 0 N–H and O–H groups in total. The first-order valence-corrected chi connectivity index (χ1v) is 22.4. The molecule has 0 amide bonds. The fraction of sp³-hybridized carbons (Fsp3) is 0.900. The third-order valence-electron chi connectivity index (χ3n) is 12.0. The number of rotatable bonds is 6. The van der Waals surface area contributed by atoms with E-state index in [0.29, 0.717) is 15.8 Å². The minimum atomic E-state index is 0. The number of hydrogen-bond acceptors (Lipinski definition) is 0. The van der Waals surface area contributed by atoms with E-state index in [9.17, 15) is 0 Å². The van der Waals surface area contributed by atoms with Crippen LogP contribution in [-0.2, 0) is 39.7 Å². The van der Waals surface area contributed by atoms with Crippen LogP contribution in [0.1, 0.15) is 193 Å². The molecule has 0 aromatic heterocycles. The molecule has 0 aliphatic heterocycles. The molecule has 0 heterocycles. The van der Waals surface area contributed by atoms with E-state index in [4.69, 9.17) is 18.6 Å². The predicted octanol–water partition coefficient (Wildman–Crippen LogP) is 12.8. The average Bonchev–Trinajstić information content (AvgIpc) is 3.18. The van der Waals surface area contributed by atoms with Crippen LogP contribution in [0.25, 0.3) is 0 Å². The van der Waals surface area contributed by atoms with E-state index in [-0.39, 0.29) is 21.1 Å². The molecule has 266 valence electrons. The summed E-state index contributed by atoms with van der Waals surface area (Å²) in [6, 6.07) is 0. The van der Waals surface area contributed by atoms with Crippen molar-refractivity contribution in [3.63, 3.8) is 0 Å². The maximum absolute atomic E-state index is 7.50. The molecule has 0 radical (unpaired) electrons. The molecule has 47 heavy (non-hydrogen) atoms. The molecular weight excluding hydrogens is 790 g/mol. The molecule has 0 atom stereocenters. The third-order valence-corrected chi connectivity index (χ3v) is 20.1. The van der Waals surface area contributed by atoms with Crippen molar-refractivity contribution in [2.24, 2.45) is 0 Å². The molecule has 0 unspecified atom stereocenters. The molecule has 6 aliphatic carbocycles. The largest absolute Gasteiger partial charge is 0 e. The summed E-state index contributed by atoms with van der Waals surface area (Å²) in [5.74, 6) is 0. The van der Waals surface area contributed by atoms with Gasteiger partial charge in [0.1, 0.15) is 0 Å². The van der Waals surface area contributed by atoms with Gasteiger partial charge in [-0.2, -0.15) is 0 Å². The topological polar surface area (TPSA) is 79.6 Å². The molecule has 6 saturated carbocycles. The maximum Gasteiger partial charge on any atom is 0 e. The van der Waals surface area contributed by atoms with Crippen LogP contribution in [0.3, 0.4) is 0 Å². The van der Waals surface area contributed by atoms with Crippen molar-refractivity contribution in [1.82, 2.24) is 0 Å². The minimum absolute atomic E-state index is 0. The second-order valence-electron chi connectivity index (χ2n) is 14.6. The molecular formula is C40H66O4P2W. The van der Waals surface area contributed by atoms with Gasteiger partial charge in [-0.05, 0) is 111 Å². The summed E-state index contributed by atoms with van der Waals surface area (Å²) in [6.45, 7) is 18.0. The first-order valence-electron chi connectivity index (χ1n) is 19.3. The molecule has 6 rings (SSSR count). The zero-order valence-electron chi connectivity index (χ0n) is 29.6. The Balaban J connectivity index is 0.000000731. The van der Waals surface area contributed by atoms with Crippen LogP contribution >= 0.6 is 15.8 Å². The first-order chi connectivity index (χ1) is 22.9. The van der Waals surface area contributed by atoms with E-state index in [1.54, 1.807) is 154 Å². The summed E-state index contributed by atoms with van der Waals surface area (Å²) in [5.41, 5.74) is 7.14. The van der Waals surface area contributed by atoms with Gasteiger partial charge in [0.05, 0.1) is 0 Å². The van der Waals surface area contributed by atoms with Gasteiger partial charge >= 0.3 is 45.2 Å². The van der Waals surface area contributed by atoms with Gasteiger partial charge in [0, 0.05) is 21.1 Å². The molecule has 6 fully saturated rings. The minimum Gasteiger partial charge on any atom is 0 e. The zero-order valence-corrected chi connectivity index (χ0v) is 34.3. The Kier molecular flexibility index (Phi) is 32.8. The van der Waals surface area contributed by atoms with E-state index < -0.39 is 0 Å². The van der Waals surface area contributed by atoms with E-state index >= 15 is 0 Å². The van der Waals surface area contributed by atoms with Crippen molar-refractivity contribution in [3.8, 4) is 0 Å². The smallest absolute Gasteiger partial charge is 0 e. The SMILES string of the molecule is C1CCC(P(C2CCCCC2)C2CCCCC2)CC1.C1CCC(P(C2CCCCC2)C2CCCCC2)CC1.[C-]#[O+].[C-]#[O+].[C-]#[O+].[C-]#[O+].[W]. The Hall–Kier alpha value is 0.508. The van der Waals surface area contributed by atoms with Crippen LogP contribution < -0.4 is 0 Å². The third kappa shape index (κ3) is 17.5. The molecule has 0 aromatic rings. The summed E-state index contributed by atoms with van der Waals surface area (Å²) in [4.78, 5) is 0. The van der Waals surface area contributed by atoms with Crippen LogP contribution in [0.4, 0.5) is 0 Å². The molecule has 0 spiro atoms.